The van der Waals surface area contributed by atoms with Gasteiger partial charge in [-0.15, -0.1) is 0 Å². The van der Waals surface area contributed by atoms with Crippen molar-refractivity contribution in [3.8, 4) is 0 Å². The Hall–Kier alpha value is -3.15. The molecule has 2 aromatic rings. The Morgan fingerprint density at radius 3 is 2.00 bits per heavy atom. The Morgan fingerprint density at radius 2 is 1.45 bits per heavy atom. The molecule has 31 heavy (non-hydrogen) atoms. The number of carbonyl (C=O) groups is 3. The monoisotopic (exact) mass is 425 g/mol. The quantitative estimate of drug-likeness (QED) is 0.542. The zero-order valence-electron chi connectivity index (χ0n) is 18.4. The van der Waals surface area contributed by atoms with E-state index in [9.17, 15) is 14.4 Å². The maximum atomic E-state index is 13.0. The van der Waals surface area contributed by atoms with Crippen molar-refractivity contribution in [3.63, 3.8) is 0 Å². The van der Waals surface area contributed by atoms with Crippen LogP contribution in [0.3, 0.4) is 0 Å². The van der Waals surface area contributed by atoms with E-state index < -0.39 is 24.0 Å². The van der Waals surface area contributed by atoms with Crippen molar-refractivity contribution in [3.05, 3.63) is 71.8 Å². The normalized spacial score (nSPS) is 12.6. The molecular formula is C25H31NO5. The van der Waals surface area contributed by atoms with Gasteiger partial charge in [-0.2, -0.15) is 0 Å². The zero-order valence-corrected chi connectivity index (χ0v) is 18.4. The highest BCUT2D eigenvalue weighted by molar-refractivity contribution is 5.90. The van der Waals surface area contributed by atoms with Crippen molar-refractivity contribution < 1.29 is 23.9 Å². The third-order valence-electron chi connectivity index (χ3n) is 4.89. The van der Waals surface area contributed by atoms with Crippen LogP contribution in [0.1, 0.15) is 38.3 Å². The first-order valence-corrected chi connectivity index (χ1v) is 10.6. The van der Waals surface area contributed by atoms with Crippen molar-refractivity contribution >= 4 is 17.8 Å². The Morgan fingerprint density at radius 1 is 0.871 bits per heavy atom. The summed E-state index contributed by atoms with van der Waals surface area (Å²) in [7, 11) is 0. The smallest absolute Gasteiger partial charge is 0.408 e. The van der Waals surface area contributed by atoms with Crippen LogP contribution in [0.4, 0.5) is 4.79 Å². The lowest BCUT2D eigenvalue weighted by atomic mass is 9.89. The summed E-state index contributed by atoms with van der Waals surface area (Å²) in [5.41, 5.74) is 1.81. The van der Waals surface area contributed by atoms with Crippen LogP contribution in [0.5, 0.6) is 0 Å². The predicted molar refractivity (Wildman–Crippen MR) is 118 cm³/mol. The molecule has 1 N–H and O–H groups in total. The first kappa shape index (κ1) is 24.1. The highest BCUT2D eigenvalue weighted by Gasteiger charge is 2.30. The lowest BCUT2D eigenvalue weighted by Crippen LogP contribution is -2.45. The van der Waals surface area contributed by atoms with Crippen LogP contribution in [0.2, 0.25) is 0 Å². The van der Waals surface area contributed by atoms with Gasteiger partial charge in [0, 0.05) is 6.42 Å². The molecule has 6 nitrogen and oxygen atoms in total. The number of esters is 1. The molecule has 0 aliphatic rings. The van der Waals surface area contributed by atoms with E-state index in [0.717, 1.165) is 11.1 Å². The van der Waals surface area contributed by atoms with Crippen LogP contribution < -0.4 is 5.32 Å². The van der Waals surface area contributed by atoms with Crippen LogP contribution in [0.15, 0.2) is 60.7 Å². The average molecular weight is 426 g/mol. The molecule has 0 aliphatic heterocycles. The number of hydrogen-bond donors (Lipinski definition) is 1. The molecule has 6 heteroatoms. The van der Waals surface area contributed by atoms with E-state index in [1.807, 2.05) is 74.5 Å². The van der Waals surface area contributed by atoms with E-state index in [2.05, 4.69) is 5.32 Å². The summed E-state index contributed by atoms with van der Waals surface area (Å²) in [5.74, 6) is -1.40. The van der Waals surface area contributed by atoms with E-state index in [1.165, 1.54) is 0 Å². The second-order valence-electron chi connectivity index (χ2n) is 7.74. The maximum absolute atomic E-state index is 13.0. The fourth-order valence-electron chi connectivity index (χ4n) is 3.28. The molecule has 0 fully saturated rings. The number of hydrogen-bond acceptors (Lipinski definition) is 5. The van der Waals surface area contributed by atoms with Gasteiger partial charge in [-0.1, -0.05) is 74.5 Å². The number of Topliss-reactive ketones (excluding diaryl/α,β-unsaturated/α-hetero) is 1. The molecule has 0 aliphatic carbocycles. The molecule has 1 amide bonds. The van der Waals surface area contributed by atoms with Gasteiger partial charge in [0.15, 0.2) is 5.78 Å². The van der Waals surface area contributed by atoms with E-state index in [0.29, 0.717) is 6.42 Å². The minimum Gasteiger partial charge on any atom is -0.466 e. The minimum absolute atomic E-state index is 0.0183. The standard InChI is InChI=1S/C25H31NO5/c1-4-30-24(28)21(15-19-11-7-5-8-12-19)16-22(27)23(18(2)3)26-25(29)31-17-20-13-9-6-10-14-20/h5-14,18,21,23H,4,15-17H2,1-3H3,(H,26,29)/t21?,23-/m0/s1. The van der Waals surface area contributed by atoms with Gasteiger partial charge in [-0.05, 0) is 30.4 Å². The number of alkyl carbamates (subject to hydrolysis) is 1. The van der Waals surface area contributed by atoms with Gasteiger partial charge in [-0.25, -0.2) is 4.79 Å². The largest absolute Gasteiger partial charge is 0.466 e. The summed E-state index contributed by atoms with van der Waals surface area (Å²) in [6, 6.07) is 18.1. The number of nitrogens with one attached hydrogen (secondary N) is 1. The second kappa shape index (κ2) is 12.5. The zero-order chi connectivity index (χ0) is 22.6. The number of amides is 1. The Labute approximate surface area is 183 Å². The first-order chi connectivity index (χ1) is 14.9. The van der Waals surface area contributed by atoms with Crippen LogP contribution in [0, 0.1) is 11.8 Å². The number of benzene rings is 2. The number of ether oxygens (including phenoxy) is 2. The van der Waals surface area contributed by atoms with Crippen LogP contribution in [0.25, 0.3) is 0 Å². The summed E-state index contributed by atoms with van der Waals surface area (Å²) in [5, 5.41) is 2.66. The average Bonchev–Trinajstić information content (AvgIpc) is 2.77. The maximum Gasteiger partial charge on any atom is 0.408 e. The summed E-state index contributed by atoms with van der Waals surface area (Å²) < 4.78 is 10.4. The molecule has 0 spiro atoms. The molecule has 2 rings (SSSR count). The SMILES string of the molecule is CCOC(=O)C(CC(=O)[C@@H](NC(=O)OCc1ccccc1)C(C)C)Cc1ccccc1. The van der Waals surface area contributed by atoms with Gasteiger partial charge in [0.1, 0.15) is 6.61 Å². The Kier molecular flexibility index (Phi) is 9.75. The molecule has 2 atom stereocenters. The summed E-state index contributed by atoms with van der Waals surface area (Å²) in [6.07, 6.45) is -0.281. The third kappa shape index (κ3) is 8.24. The van der Waals surface area contributed by atoms with Gasteiger partial charge in [0.05, 0.1) is 18.6 Å². The molecule has 0 saturated heterocycles. The minimum atomic E-state index is -0.754. The van der Waals surface area contributed by atoms with Crippen molar-refractivity contribution in [1.82, 2.24) is 5.32 Å². The number of carbonyl (C=O) groups excluding carboxylic acids is 3. The summed E-state index contributed by atoms with van der Waals surface area (Å²) >= 11 is 0. The van der Waals surface area contributed by atoms with Crippen molar-refractivity contribution in [2.75, 3.05) is 6.61 Å². The molecule has 0 bridgehead atoms. The van der Waals surface area contributed by atoms with E-state index in [-0.39, 0.29) is 31.3 Å². The van der Waals surface area contributed by atoms with E-state index in [4.69, 9.17) is 9.47 Å². The predicted octanol–water partition coefficient (Wildman–Crippen LogP) is 4.32. The van der Waals surface area contributed by atoms with Crippen LogP contribution >= 0.6 is 0 Å². The topological polar surface area (TPSA) is 81.7 Å². The lowest BCUT2D eigenvalue weighted by molar-refractivity contribution is -0.149. The van der Waals surface area contributed by atoms with E-state index in [1.54, 1.807) is 6.92 Å². The van der Waals surface area contributed by atoms with E-state index >= 15 is 0 Å². The van der Waals surface area contributed by atoms with Gasteiger partial charge >= 0.3 is 12.1 Å². The van der Waals surface area contributed by atoms with Gasteiger partial charge in [-0.3, -0.25) is 9.59 Å². The molecule has 0 heterocycles. The second-order valence-corrected chi connectivity index (χ2v) is 7.74. The fraction of sp³-hybridized carbons (Fsp3) is 0.400. The number of rotatable bonds is 11. The number of ketones is 1. The van der Waals surface area contributed by atoms with Crippen LogP contribution in [-0.2, 0) is 32.1 Å². The fourth-order valence-corrected chi connectivity index (χ4v) is 3.28. The molecule has 0 radical (unpaired) electrons. The molecule has 0 saturated carbocycles. The molecule has 1 unspecified atom stereocenters. The highest BCUT2D eigenvalue weighted by Crippen LogP contribution is 2.18. The lowest BCUT2D eigenvalue weighted by Gasteiger charge is -2.23. The molecule has 2 aromatic carbocycles. The van der Waals surface area contributed by atoms with Gasteiger partial charge in [0.2, 0.25) is 0 Å². The van der Waals surface area contributed by atoms with Gasteiger partial charge in [0.25, 0.3) is 0 Å². The Balaban J connectivity index is 2.01. The molecule has 166 valence electrons. The summed E-state index contributed by atoms with van der Waals surface area (Å²) in [6.45, 7) is 5.79. The Bertz CT molecular complexity index is 836. The third-order valence-corrected chi connectivity index (χ3v) is 4.89. The van der Waals surface area contributed by atoms with Crippen LogP contribution in [-0.4, -0.2) is 30.5 Å². The molecular weight excluding hydrogens is 394 g/mol. The highest BCUT2D eigenvalue weighted by atomic mass is 16.5. The summed E-state index contributed by atoms with van der Waals surface area (Å²) in [4.78, 5) is 37.8. The van der Waals surface area contributed by atoms with Crippen molar-refractivity contribution in [2.24, 2.45) is 11.8 Å². The van der Waals surface area contributed by atoms with Crippen molar-refractivity contribution in [1.29, 1.82) is 0 Å². The van der Waals surface area contributed by atoms with Gasteiger partial charge < -0.3 is 14.8 Å². The molecule has 0 aromatic heterocycles. The van der Waals surface area contributed by atoms with Crippen molar-refractivity contribution in [2.45, 2.75) is 46.3 Å². The first-order valence-electron chi connectivity index (χ1n) is 10.6.